The molecular formula is C9H13F2O7S-. The molecule has 10 heteroatoms. The molecule has 0 saturated heterocycles. The molecule has 0 aromatic heterocycles. The van der Waals surface area contributed by atoms with Crippen molar-refractivity contribution in [2.24, 2.45) is 0 Å². The summed E-state index contributed by atoms with van der Waals surface area (Å²) in [5.41, 5.74) is -0.162. The van der Waals surface area contributed by atoms with Crippen molar-refractivity contribution in [3.8, 4) is 0 Å². The first-order valence-electron chi connectivity index (χ1n) is 4.86. The molecule has 0 aliphatic heterocycles. The first-order chi connectivity index (χ1) is 8.62. The monoisotopic (exact) mass is 303 g/mol. The molecule has 0 aromatic carbocycles. The van der Waals surface area contributed by atoms with Gasteiger partial charge in [-0.25, -0.2) is 13.2 Å². The first kappa shape index (κ1) is 17.9. The maximum atomic E-state index is 12.7. The molecule has 0 unspecified atom stereocenters. The molecule has 0 rings (SSSR count). The van der Waals surface area contributed by atoms with E-state index in [-0.39, 0.29) is 12.4 Å². The van der Waals surface area contributed by atoms with Crippen LogP contribution in [0.15, 0.2) is 12.2 Å². The minimum atomic E-state index is -5.73. The number of hydrogen-bond acceptors (Lipinski definition) is 7. The van der Waals surface area contributed by atoms with Crippen molar-refractivity contribution in [3.63, 3.8) is 0 Å². The fraction of sp³-hybridized carbons (Fsp3) is 0.667. The number of carbonyl (C=O) groups excluding carboxylic acids is 1. The predicted octanol–water partition coefficient (Wildman–Crippen LogP) is 0.234. The van der Waals surface area contributed by atoms with Gasteiger partial charge in [-0.3, -0.25) is 0 Å². The normalized spacial score (nSPS) is 12.2. The van der Waals surface area contributed by atoms with Crippen LogP contribution in [0.5, 0.6) is 0 Å². The highest BCUT2D eigenvalue weighted by Gasteiger charge is 2.36. The number of methoxy groups -OCH3 is 1. The minimum absolute atomic E-state index is 0.162. The van der Waals surface area contributed by atoms with E-state index in [1.54, 1.807) is 0 Å². The summed E-state index contributed by atoms with van der Waals surface area (Å²) >= 11 is 0. The summed E-state index contributed by atoms with van der Waals surface area (Å²) in [6.45, 7) is 1.80. The second-order valence-corrected chi connectivity index (χ2v) is 4.84. The highest BCUT2D eigenvalue weighted by atomic mass is 32.2. The quantitative estimate of drug-likeness (QED) is 0.197. The fourth-order valence-electron chi connectivity index (χ4n) is 0.785. The van der Waals surface area contributed by atoms with Crippen LogP contribution in [0.1, 0.15) is 6.42 Å². The molecule has 0 radical (unpaired) electrons. The third-order valence-electron chi connectivity index (χ3n) is 1.78. The Labute approximate surface area is 108 Å². The predicted molar refractivity (Wildman–Crippen MR) is 57.2 cm³/mol. The number of alkyl halides is 2. The van der Waals surface area contributed by atoms with Crippen molar-refractivity contribution in [2.75, 3.05) is 27.1 Å². The van der Waals surface area contributed by atoms with E-state index in [4.69, 9.17) is 0 Å². The Morgan fingerprint density at radius 3 is 2.47 bits per heavy atom. The fourth-order valence-corrected chi connectivity index (χ4v) is 1.12. The summed E-state index contributed by atoms with van der Waals surface area (Å²) in [6, 6.07) is 0. The molecule has 0 bridgehead atoms. The van der Waals surface area contributed by atoms with Crippen molar-refractivity contribution in [3.05, 3.63) is 12.2 Å². The van der Waals surface area contributed by atoms with E-state index in [2.05, 4.69) is 20.8 Å². The Morgan fingerprint density at radius 1 is 1.42 bits per heavy atom. The van der Waals surface area contributed by atoms with Crippen molar-refractivity contribution >= 4 is 16.1 Å². The van der Waals surface area contributed by atoms with Crippen LogP contribution in [0.25, 0.3) is 0 Å². The molecular weight excluding hydrogens is 290 g/mol. The number of rotatable bonds is 9. The van der Waals surface area contributed by atoms with E-state index < -0.39 is 41.0 Å². The van der Waals surface area contributed by atoms with Crippen molar-refractivity contribution in [2.45, 2.75) is 11.7 Å². The lowest BCUT2D eigenvalue weighted by atomic mass is 10.3. The lowest BCUT2D eigenvalue weighted by Gasteiger charge is -2.19. The van der Waals surface area contributed by atoms with Gasteiger partial charge in [-0.05, 0) is 0 Å². The van der Waals surface area contributed by atoms with Crippen LogP contribution in [0.2, 0.25) is 0 Å². The highest BCUT2D eigenvalue weighted by molar-refractivity contribution is 7.86. The number of ether oxygens (including phenoxy) is 3. The van der Waals surface area contributed by atoms with Crippen LogP contribution in [-0.2, 0) is 29.1 Å². The summed E-state index contributed by atoms with van der Waals surface area (Å²) in [4.78, 5) is 11.1. The van der Waals surface area contributed by atoms with E-state index in [0.717, 1.165) is 0 Å². The highest BCUT2D eigenvalue weighted by Crippen LogP contribution is 2.24. The van der Waals surface area contributed by atoms with Crippen LogP contribution < -0.4 is 0 Å². The number of hydrogen-bond donors (Lipinski definition) is 0. The van der Waals surface area contributed by atoms with Crippen LogP contribution >= 0.6 is 0 Å². The van der Waals surface area contributed by atoms with Gasteiger partial charge in [-0.1, -0.05) is 6.58 Å². The molecule has 7 nitrogen and oxygen atoms in total. The summed E-state index contributed by atoms with van der Waals surface area (Å²) < 4.78 is 69.3. The molecule has 0 atom stereocenters. The zero-order chi connectivity index (χ0) is 15.1. The molecule has 0 aromatic rings. The summed E-state index contributed by atoms with van der Waals surface area (Å²) in [5, 5.41) is -4.41. The molecule has 0 N–H and O–H groups in total. The first-order valence-corrected chi connectivity index (χ1v) is 6.27. The topological polar surface area (TPSA) is 102 Å². The van der Waals surface area contributed by atoms with Gasteiger partial charge in [0.15, 0.2) is 16.9 Å². The van der Waals surface area contributed by atoms with E-state index >= 15 is 0 Å². The third kappa shape index (κ3) is 6.57. The molecule has 0 spiro atoms. The van der Waals surface area contributed by atoms with E-state index in [1.807, 2.05) is 0 Å². The molecule has 0 aliphatic carbocycles. The Bertz CT molecular complexity index is 418. The average molecular weight is 303 g/mol. The Hall–Kier alpha value is -1.10. The SMILES string of the molecule is C=C(COCCC(F)(F)S(=O)(=O)[O-])C(=O)OCOC. The lowest BCUT2D eigenvalue weighted by Crippen LogP contribution is -2.30. The number of halogens is 2. The van der Waals surface area contributed by atoms with Gasteiger partial charge in [0.1, 0.15) is 0 Å². The van der Waals surface area contributed by atoms with Gasteiger partial charge in [0.05, 0.1) is 18.8 Å². The maximum absolute atomic E-state index is 12.7. The summed E-state index contributed by atoms with van der Waals surface area (Å²) in [6.07, 6.45) is -1.31. The van der Waals surface area contributed by atoms with Crippen molar-refractivity contribution < 1.29 is 40.8 Å². The smallest absolute Gasteiger partial charge is 0.337 e. The summed E-state index contributed by atoms with van der Waals surface area (Å²) in [5.74, 6) is -0.843. The largest absolute Gasteiger partial charge is 0.743 e. The van der Waals surface area contributed by atoms with Gasteiger partial charge in [-0.2, -0.15) is 8.78 Å². The molecule has 19 heavy (non-hydrogen) atoms. The minimum Gasteiger partial charge on any atom is -0.743 e. The zero-order valence-electron chi connectivity index (χ0n) is 10.1. The molecule has 0 fully saturated rings. The molecule has 0 heterocycles. The van der Waals surface area contributed by atoms with Crippen LogP contribution in [0, 0.1) is 0 Å². The van der Waals surface area contributed by atoms with Gasteiger partial charge in [0.2, 0.25) is 0 Å². The van der Waals surface area contributed by atoms with Gasteiger partial charge >= 0.3 is 11.2 Å². The third-order valence-corrected chi connectivity index (χ3v) is 2.71. The Balaban J connectivity index is 3.99. The Morgan fingerprint density at radius 2 is 2.00 bits per heavy atom. The van der Waals surface area contributed by atoms with Gasteiger partial charge < -0.3 is 18.8 Å². The summed E-state index contributed by atoms with van der Waals surface area (Å²) in [7, 11) is -4.44. The van der Waals surface area contributed by atoms with Gasteiger partial charge in [0.25, 0.3) is 0 Å². The van der Waals surface area contributed by atoms with Crippen LogP contribution in [0.3, 0.4) is 0 Å². The second-order valence-electron chi connectivity index (χ2n) is 3.34. The lowest BCUT2D eigenvalue weighted by molar-refractivity contribution is -0.149. The molecule has 0 saturated carbocycles. The van der Waals surface area contributed by atoms with Gasteiger partial charge in [-0.15, -0.1) is 0 Å². The second kappa shape index (κ2) is 7.48. The zero-order valence-corrected chi connectivity index (χ0v) is 10.9. The maximum Gasteiger partial charge on any atom is 0.337 e. The van der Waals surface area contributed by atoms with Crippen LogP contribution in [0.4, 0.5) is 8.78 Å². The average Bonchev–Trinajstić information content (AvgIpc) is 2.29. The van der Waals surface area contributed by atoms with Crippen molar-refractivity contribution in [1.82, 2.24) is 0 Å². The molecule has 0 amide bonds. The molecule has 112 valence electrons. The molecule has 0 aliphatic rings. The number of carbonyl (C=O) groups is 1. The van der Waals surface area contributed by atoms with E-state index in [0.29, 0.717) is 0 Å². The van der Waals surface area contributed by atoms with Gasteiger partial charge in [0, 0.05) is 13.5 Å². The standard InChI is InChI=1S/C9H14F2O7S/c1-7(8(12)18-6-16-2)5-17-4-3-9(10,11)19(13,14)15/h1,3-6H2,2H3,(H,13,14,15)/p-1. The van der Waals surface area contributed by atoms with E-state index in [1.165, 1.54) is 7.11 Å². The van der Waals surface area contributed by atoms with Crippen molar-refractivity contribution in [1.29, 1.82) is 0 Å². The number of esters is 1. The van der Waals surface area contributed by atoms with Crippen LogP contribution in [-0.4, -0.2) is 51.3 Å². The Kier molecular flexibility index (Phi) is 7.05. The van der Waals surface area contributed by atoms with E-state index in [9.17, 15) is 26.5 Å².